The number of benzene rings is 3. The van der Waals surface area contributed by atoms with E-state index in [1.54, 1.807) is 39.7 Å². The Labute approximate surface area is 209 Å². The summed E-state index contributed by atoms with van der Waals surface area (Å²) in [4.78, 5) is 12.6. The van der Waals surface area contributed by atoms with Crippen molar-refractivity contribution < 1.29 is 23.4 Å². The number of allylic oxidation sites excluding steroid dienone is 1. The normalized spacial score (nSPS) is 11.4. The van der Waals surface area contributed by atoms with Crippen LogP contribution < -0.4 is 19.5 Å². The molecule has 180 valence electrons. The van der Waals surface area contributed by atoms with Crippen LogP contribution in [0.2, 0.25) is 5.02 Å². The van der Waals surface area contributed by atoms with Crippen molar-refractivity contribution in [3.8, 4) is 28.4 Å². The van der Waals surface area contributed by atoms with Crippen molar-refractivity contribution in [1.29, 1.82) is 0 Å². The van der Waals surface area contributed by atoms with Crippen molar-refractivity contribution in [2.45, 2.75) is 13.5 Å². The second-order valence-corrected chi connectivity index (χ2v) is 8.31. The van der Waals surface area contributed by atoms with Gasteiger partial charge in [0.2, 0.25) is 5.91 Å². The van der Waals surface area contributed by atoms with Crippen LogP contribution in [0.3, 0.4) is 0 Å². The minimum atomic E-state index is -0.230. The molecule has 0 saturated heterocycles. The topological polar surface area (TPSA) is 69.9 Å². The maximum atomic E-state index is 12.6. The summed E-state index contributed by atoms with van der Waals surface area (Å²) in [5, 5.41) is 4.36. The molecular weight excluding hydrogens is 466 g/mol. The lowest BCUT2D eigenvalue weighted by atomic mass is 9.98. The first-order valence-corrected chi connectivity index (χ1v) is 11.3. The number of methoxy groups -OCH3 is 3. The van der Waals surface area contributed by atoms with E-state index in [1.807, 2.05) is 55.5 Å². The number of carbonyl (C=O) groups excluding carboxylic acids is 1. The van der Waals surface area contributed by atoms with Crippen LogP contribution in [0.25, 0.3) is 27.7 Å². The number of fused-ring (bicyclic) bond motifs is 1. The van der Waals surface area contributed by atoms with Gasteiger partial charge in [-0.25, -0.2) is 0 Å². The summed E-state index contributed by atoms with van der Waals surface area (Å²) in [6.07, 6.45) is 3.23. The van der Waals surface area contributed by atoms with Crippen molar-refractivity contribution in [2.24, 2.45) is 0 Å². The summed E-state index contributed by atoms with van der Waals surface area (Å²) in [6, 6.07) is 16.8. The summed E-state index contributed by atoms with van der Waals surface area (Å²) >= 11 is 6.19. The largest absolute Gasteiger partial charge is 0.497 e. The van der Waals surface area contributed by atoms with E-state index < -0.39 is 0 Å². The molecule has 1 amide bonds. The van der Waals surface area contributed by atoms with Crippen molar-refractivity contribution >= 4 is 34.1 Å². The van der Waals surface area contributed by atoms with E-state index in [0.717, 1.165) is 33.2 Å². The number of carbonyl (C=O) groups is 1. The minimum absolute atomic E-state index is 0.230. The van der Waals surface area contributed by atoms with Gasteiger partial charge in [-0.2, -0.15) is 0 Å². The summed E-state index contributed by atoms with van der Waals surface area (Å²) in [5.41, 5.74) is 4.70. The van der Waals surface area contributed by atoms with Gasteiger partial charge in [-0.1, -0.05) is 29.8 Å². The monoisotopic (exact) mass is 491 g/mol. The summed E-state index contributed by atoms with van der Waals surface area (Å²) in [7, 11) is 4.83. The van der Waals surface area contributed by atoms with Gasteiger partial charge in [-0.05, 0) is 48.4 Å². The van der Waals surface area contributed by atoms with Crippen molar-refractivity contribution in [3.63, 3.8) is 0 Å². The molecule has 0 fully saturated rings. The van der Waals surface area contributed by atoms with Gasteiger partial charge in [0.05, 0.1) is 27.6 Å². The zero-order valence-corrected chi connectivity index (χ0v) is 20.7. The number of hydrogen-bond donors (Lipinski definition) is 1. The summed E-state index contributed by atoms with van der Waals surface area (Å²) in [6.45, 7) is 2.20. The highest BCUT2D eigenvalue weighted by atomic mass is 35.5. The van der Waals surface area contributed by atoms with E-state index in [2.05, 4.69) is 5.32 Å². The Kier molecular flexibility index (Phi) is 7.32. The Morgan fingerprint density at radius 2 is 1.74 bits per heavy atom. The van der Waals surface area contributed by atoms with Crippen LogP contribution >= 0.6 is 11.6 Å². The molecule has 4 aromatic rings. The van der Waals surface area contributed by atoms with Crippen LogP contribution in [0, 0.1) is 0 Å². The van der Waals surface area contributed by atoms with Gasteiger partial charge < -0.3 is 23.9 Å². The molecule has 0 radical (unpaired) electrons. The third kappa shape index (κ3) is 5.12. The van der Waals surface area contributed by atoms with Crippen LogP contribution in [0.1, 0.15) is 18.1 Å². The lowest BCUT2D eigenvalue weighted by molar-refractivity contribution is -0.116. The zero-order chi connectivity index (χ0) is 24.9. The number of ether oxygens (including phenoxy) is 3. The first kappa shape index (κ1) is 24.2. The zero-order valence-electron chi connectivity index (χ0n) is 20.0. The lowest BCUT2D eigenvalue weighted by Gasteiger charge is -2.12. The fourth-order valence-electron chi connectivity index (χ4n) is 3.91. The van der Waals surface area contributed by atoms with Crippen LogP contribution in [-0.2, 0) is 11.3 Å². The molecule has 35 heavy (non-hydrogen) atoms. The van der Waals surface area contributed by atoms with Gasteiger partial charge >= 0.3 is 0 Å². The van der Waals surface area contributed by atoms with E-state index in [0.29, 0.717) is 34.4 Å². The highest BCUT2D eigenvalue weighted by Gasteiger charge is 2.18. The minimum Gasteiger partial charge on any atom is -0.497 e. The number of rotatable bonds is 8. The SMILES string of the molecule is COc1ccc(OC)c(-c2coc3cc(OC)c(/C(C)=C/C(=O)NCc4ccccc4Cl)cc23)c1. The fraction of sp³-hybridized carbons (Fsp3) is 0.179. The Bertz CT molecular complexity index is 1410. The van der Waals surface area contributed by atoms with Crippen LogP contribution in [-0.4, -0.2) is 27.2 Å². The van der Waals surface area contributed by atoms with E-state index in [9.17, 15) is 4.79 Å². The van der Waals surface area contributed by atoms with Gasteiger partial charge in [-0.3, -0.25) is 4.79 Å². The molecule has 0 atom stereocenters. The fourth-order valence-corrected chi connectivity index (χ4v) is 4.12. The Morgan fingerprint density at radius 3 is 2.46 bits per heavy atom. The molecule has 0 aliphatic rings. The summed E-state index contributed by atoms with van der Waals surface area (Å²) < 4.78 is 22.4. The molecule has 3 aromatic carbocycles. The third-order valence-corrected chi connectivity index (χ3v) is 6.14. The predicted molar refractivity (Wildman–Crippen MR) is 138 cm³/mol. The first-order valence-electron chi connectivity index (χ1n) is 11.0. The lowest BCUT2D eigenvalue weighted by Crippen LogP contribution is -2.20. The Morgan fingerprint density at radius 1 is 0.971 bits per heavy atom. The molecule has 0 aliphatic heterocycles. The molecule has 0 spiro atoms. The standard InChI is InChI=1S/C28H26ClNO5/c1-17(11-28(31)30-15-18-7-5-6-8-24(18)29)20-13-22-23(16-35-27(22)14-26(20)34-4)21-12-19(32-2)9-10-25(21)33-3/h5-14,16H,15H2,1-4H3,(H,30,31)/b17-11+. The molecule has 6 nitrogen and oxygen atoms in total. The van der Waals surface area contributed by atoms with E-state index >= 15 is 0 Å². The number of furan rings is 1. The predicted octanol–water partition coefficient (Wildman–Crippen LogP) is 6.50. The first-order chi connectivity index (χ1) is 16.9. The molecule has 7 heteroatoms. The Balaban J connectivity index is 1.70. The second kappa shape index (κ2) is 10.6. The average molecular weight is 492 g/mol. The maximum absolute atomic E-state index is 12.6. The summed E-state index contributed by atoms with van der Waals surface area (Å²) in [5.74, 6) is 1.77. The highest BCUT2D eigenvalue weighted by Crippen LogP contribution is 2.41. The smallest absolute Gasteiger partial charge is 0.244 e. The van der Waals surface area contributed by atoms with Crippen LogP contribution in [0.5, 0.6) is 17.2 Å². The highest BCUT2D eigenvalue weighted by molar-refractivity contribution is 6.31. The van der Waals surface area contributed by atoms with Gasteiger partial charge in [0.15, 0.2) is 0 Å². The van der Waals surface area contributed by atoms with Crippen molar-refractivity contribution in [3.05, 3.63) is 83.1 Å². The van der Waals surface area contributed by atoms with E-state index in [-0.39, 0.29) is 5.91 Å². The van der Waals surface area contributed by atoms with Gasteiger partial charge in [0.25, 0.3) is 0 Å². The quantitative estimate of drug-likeness (QED) is 0.285. The molecule has 0 unspecified atom stereocenters. The molecule has 0 saturated carbocycles. The maximum Gasteiger partial charge on any atom is 0.244 e. The molecule has 0 aliphatic carbocycles. The molecule has 1 aromatic heterocycles. The molecule has 4 rings (SSSR count). The van der Waals surface area contributed by atoms with Gasteiger partial charge in [0, 0.05) is 45.8 Å². The number of nitrogens with one attached hydrogen (secondary N) is 1. The van der Waals surface area contributed by atoms with Gasteiger partial charge in [0.1, 0.15) is 22.8 Å². The number of amides is 1. The third-order valence-electron chi connectivity index (χ3n) is 5.78. The van der Waals surface area contributed by atoms with E-state index in [1.165, 1.54) is 0 Å². The van der Waals surface area contributed by atoms with Crippen molar-refractivity contribution in [2.75, 3.05) is 21.3 Å². The van der Waals surface area contributed by atoms with Crippen LogP contribution in [0.4, 0.5) is 0 Å². The Hall–Kier alpha value is -3.90. The number of halogens is 1. The second-order valence-electron chi connectivity index (χ2n) is 7.90. The van der Waals surface area contributed by atoms with E-state index in [4.69, 9.17) is 30.2 Å². The average Bonchev–Trinajstić information content (AvgIpc) is 3.29. The molecule has 0 bridgehead atoms. The van der Waals surface area contributed by atoms with Gasteiger partial charge in [-0.15, -0.1) is 0 Å². The molecular formula is C28H26ClNO5. The molecule has 1 N–H and O–H groups in total. The molecule has 1 heterocycles. The van der Waals surface area contributed by atoms with Crippen molar-refractivity contribution in [1.82, 2.24) is 5.32 Å². The number of hydrogen-bond acceptors (Lipinski definition) is 5. The van der Waals surface area contributed by atoms with Crippen LogP contribution in [0.15, 0.2) is 71.4 Å².